The lowest BCUT2D eigenvalue weighted by molar-refractivity contribution is -0.119. The van der Waals surface area contributed by atoms with Crippen molar-refractivity contribution >= 4 is 29.5 Å². The van der Waals surface area contributed by atoms with Gasteiger partial charge in [0.1, 0.15) is 0 Å². The van der Waals surface area contributed by atoms with Gasteiger partial charge in [0.05, 0.1) is 13.3 Å². The van der Waals surface area contributed by atoms with Crippen LogP contribution in [0, 0.1) is 0 Å². The number of nitrogens with zero attached hydrogens (tertiary/aromatic N) is 1. The summed E-state index contributed by atoms with van der Waals surface area (Å²) < 4.78 is 10.4. The molecule has 0 aliphatic carbocycles. The number of carbonyl (C=O) groups is 1. The summed E-state index contributed by atoms with van der Waals surface area (Å²) in [5.41, 5.74) is 8.42. The standard InChI is InChI=1S/C12H16N4O3S/c1-14-12(20)16-15-6-8-3-4-9(10(5-8)18-2)19-7-11(13)17/h3-6H,7H2,1-2H3,(H2,13,17)(H2,14,16,20)/b15-6-. The Labute approximate surface area is 122 Å². The fourth-order valence-electron chi connectivity index (χ4n) is 1.25. The minimum atomic E-state index is -0.553. The maximum absolute atomic E-state index is 10.7. The van der Waals surface area contributed by atoms with Gasteiger partial charge >= 0.3 is 0 Å². The molecular weight excluding hydrogens is 280 g/mol. The SMILES string of the molecule is CNC(=S)N/N=C\c1ccc(OCC(N)=O)c(OC)c1. The number of hydrogen-bond acceptors (Lipinski definition) is 5. The Morgan fingerprint density at radius 2 is 2.25 bits per heavy atom. The Bertz CT molecular complexity index is 519. The monoisotopic (exact) mass is 296 g/mol. The van der Waals surface area contributed by atoms with E-state index >= 15 is 0 Å². The van der Waals surface area contributed by atoms with Crippen LogP contribution in [0.2, 0.25) is 0 Å². The number of nitrogens with one attached hydrogen (secondary N) is 2. The number of carbonyl (C=O) groups excluding carboxylic acids is 1. The molecule has 0 aromatic heterocycles. The summed E-state index contributed by atoms with van der Waals surface area (Å²) in [6.45, 7) is -0.207. The molecule has 1 rings (SSSR count). The average molecular weight is 296 g/mol. The molecule has 108 valence electrons. The van der Waals surface area contributed by atoms with Gasteiger partial charge in [-0.05, 0) is 36.0 Å². The van der Waals surface area contributed by atoms with Crippen LogP contribution in [0.1, 0.15) is 5.56 Å². The summed E-state index contributed by atoms with van der Waals surface area (Å²) in [7, 11) is 3.19. The molecule has 0 radical (unpaired) electrons. The van der Waals surface area contributed by atoms with Crippen LogP contribution in [0.25, 0.3) is 0 Å². The van der Waals surface area contributed by atoms with Crippen molar-refractivity contribution < 1.29 is 14.3 Å². The Balaban J connectivity index is 2.76. The first kappa shape index (κ1) is 15.7. The first-order valence-electron chi connectivity index (χ1n) is 5.66. The first-order chi connectivity index (χ1) is 9.56. The van der Waals surface area contributed by atoms with Crippen molar-refractivity contribution in [3.63, 3.8) is 0 Å². The first-order valence-corrected chi connectivity index (χ1v) is 6.07. The van der Waals surface area contributed by atoms with E-state index in [2.05, 4.69) is 15.8 Å². The van der Waals surface area contributed by atoms with E-state index in [4.69, 9.17) is 27.4 Å². The summed E-state index contributed by atoms with van der Waals surface area (Å²) in [5, 5.41) is 7.08. The maximum atomic E-state index is 10.7. The second kappa shape index (κ2) is 7.95. The van der Waals surface area contributed by atoms with Crippen molar-refractivity contribution in [1.29, 1.82) is 0 Å². The molecule has 4 N–H and O–H groups in total. The van der Waals surface area contributed by atoms with Gasteiger partial charge in [-0.25, -0.2) is 0 Å². The van der Waals surface area contributed by atoms with E-state index in [1.54, 1.807) is 31.5 Å². The Morgan fingerprint density at radius 1 is 1.50 bits per heavy atom. The second-order valence-electron chi connectivity index (χ2n) is 3.61. The Hall–Kier alpha value is -2.35. The van der Waals surface area contributed by atoms with Crippen LogP contribution < -0.4 is 25.9 Å². The molecule has 1 amide bonds. The summed E-state index contributed by atoms with van der Waals surface area (Å²) >= 11 is 4.87. The third kappa shape index (κ3) is 5.11. The zero-order valence-corrected chi connectivity index (χ0v) is 12.0. The Morgan fingerprint density at radius 3 is 2.85 bits per heavy atom. The van der Waals surface area contributed by atoms with E-state index in [0.29, 0.717) is 16.6 Å². The van der Waals surface area contributed by atoms with Crippen LogP contribution in [-0.4, -0.2) is 38.0 Å². The van der Waals surface area contributed by atoms with E-state index in [9.17, 15) is 4.79 Å². The van der Waals surface area contributed by atoms with E-state index < -0.39 is 5.91 Å². The molecule has 20 heavy (non-hydrogen) atoms. The van der Waals surface area contributed by atoms with Gasteiger partial charge in [0.15, 0.2) is 23.2 Å². The summed E-state index contributed by atoms with van der Waals surface area (Å²) in [4.78, 5) is 10.7. The van der Waals surface area contributed by atoms with Gasteiger partial charge in [-0.3, -0.25) is 10.2 Å². The number of hydrogen-bond donors (Lipinski definition) is 3. The van der Waals surface area contributed by atoms with E-state index in [1.165, 1.54) is 7.11 Å². The van der Waals surface area contributed by atoms with Crippen LogP contribution in [-0.2, 0) is 4.79 Å². The van der Waals surface area contributed by atoms with Crippen molar-refractivity contribution in [2.45, 2.75) is 0 Å². The predicted octanol–water partition coefficient (Wildman–Crippen LogP) is -0.0129. The molecule has 0 fully saturated rings. The quantitative estimate of drug-likeness (QED) is 0.388. The smallest absolute Gasteiger partial charge is 0.255 e. The number of rotatable bonds is 6. The number of benzene rings is 1. The molecule has 0 unspecified atom stereocenters. The van der Waals surface area contributed by atoms with Crippen LogP contribution in [0.5, 0.6) is 11.5 Å². The number of ether oxygens (including phenoxy) is 2. The van der Waals surface area contributed by atoms with Crippen molar-refractivity contribution in [3.8, 4) is 11.5 Å². The zero-order chi connectivity index (χ0) is 15.0. The number of thiocarbonyl (C=S) groups is 1. The highest BCUT2D eigenvalue weighted by atomic mass is 32.1. The lowest BCUT2D eigenvalue weighted by Crippen LogP contribution is -2.28. The lowest BCUT2D eigenvalue weighted by Gasteiger charge is -2.09. The number of nitrogens with two attached hydrogens (primary N) is 1. The minimum Gasteiger partial charge on any atom is -0.493 e. The molecule has 0 bridgehead atoms. The van der Waals surface area contributed by atoms with Gasteiger partial charge in [0.2, 0.25) is 0 Å². The molecule has 8 heteroatoms. The molecule has 0 atom stereocenters. The molecule has 0 saturated heterocycles. The second-order valence-corrected chi connectivity index (χ2v) is 4.02. The van der Waals surface area contributed by atoms with Crippen LogP contribution in [0.4, 0.5) is 0 Å². The highest BCUT2D eigenvalue weighted by molar-refractivity contribution is 7.80. The molecule has 0 heterocycles. The number of methoxy groups -OCH3 is 1. The topological polar surface area (TPSA) is 98.0 Å². The molecule has 7 nitrogen and oxygen atoms in total. The third-order valence-electron chi connectivity index (χ3n) is 2.16. The fraction of sp³-hybridized carbons (Fsp3) is 0.250. The molecule has 0 aliphatic heterocycles. The van der Waals surface area contributed by atoms with E-state index in [0.717, 1.165) is 5.56 Å². The third-order valence-corrected chi connectivity index (χ3v) is 2.46. The predicted molar refractivity (Wildman–Crippen MR) is 80.1 cm³/mol. The lowest BCUT2D eigenvalue weighted by atomic mass is 10.2. The highest BCUT2D eigenvalue weighted by Crippen LogP contribution is 2.27. The number of hydrazone groups is 1. The van der Waals surface area contributed by atoms with Crippen LogP contribution >= 0.6 is 12.2 Å². The minimum absolute atomic E-state index is 0.207. The van der Waals surface area contributed by atoms with Gasteiger partial charge in [-0.1, -0.05) is 0 Å². The summed E-state index contributed by atoms with van der Waals surface area (Å²) in [5.74, 6) is 0.357. The van der Waals surface area contributed by atoms with Crippen molar-refractivity contribution in [3.05, 3.63) is 23.8 Å². The fourth-order valence-corrected chi connectivity index (χ4v) is 1.31. The molecule has 0 spiro atoms. The molecule has 1 aromatic rings. The van der Waals surface area contributed by atoms with Crippen molar-refractivity contribution in [1.82, 2.24) is 10.7 Å². The highest BCUT2D eigenvalue weighted by Gasteiger charge is 2.06. The molecule has 0 aliphatic rings. The van der Waals surface area contributed by atoms with Gasteiger partial charge in [-0.2, -0.15) is 5.10 Å². The van der Waals surface area contributed by atoms with Crippen LogP contribution in [0.15, 0.2) is 23.3 Å². The maximum Gasteiger partial charge on any atom is 0.255 e. The van der Waals surface area contributed by atoms with E-state index in [1.807, 2.05) is 0 Å². The van der Waals surface area contributed by atoms with Gasteiger partial charge in [-0.15, -0.1) is 0 Å². The van der Waals surface area contributed by atoms with Gasteiger partial charge in [0.25, 0.3) is 5.91 Å². The van der Waals surface area contributed by atoms with Crippen molar-refractivity contribution in [2.75, 3.05) is 20.8 Å². The molecule has 0 saturated carbocycles. The van der Waals surface area contributed by atoms with Gasteiger partial charge in [0, 0.05) is 7.05 Å². The number of primary amides is 1. The van der Waals surface area contributed by atoms with Crippen LogP contribution in [0.3, 0.4) is 0 Å². The Kier molecular flexibility index (Phi) is 6.24. The summed E-state index contributed by atoms with van der Waals surface area (Å²) in [6, 6.07) is 5.13. The van der Waals surface area contributed by atoms with Crippen molar-refractivity contribution in [2.24, 2.45) is 10.8 Å². The summed E-state index contributed by atoms with van der Waals surface area (Å²) in [6.07, 6.45) is 1.57. The largest absolute Gasteiger partial charge is 0.493 e. The molecule has 1 aromatic carbocycles. The normalized spacial score (nSPS) is 10.1. The molecular formula is C12H16N4O3S. The van der Waals surface area contributed by atoms with E-state index in [-0.39, 0.29) is 6.61 Å². The average Bonchev–Trinajstić information content (AvgIpc) is 2.45. The van der Waals surface area contributed by atoms with Gasteiger partial charge < -0.3 is 20.5 Å². The number of amides is 1. The zero-order valence-electron chi connectivity index (χ0n) is 11.2.